The first kappa shape index (κ1) is 21.3. The number of carboxylic acids is 1. The SMILES string of the molecule is CC(C)(O)c1ccc(C(O)C(=O)C2(Br)C(=O)N3[C@@H](C(=O)O)C(C)(C)S[C@@H]32)cc1. The van der Waals surface area contributed by atoms with Crippen LogP contribution in [0.3, 0.4) is 0 Å². The van der Waals surface area contributed by atoms with Crippen LogP contribution in [0.25, 0.3) is 0 Å². The smallest absolute Gasteiger partial charge is 0.327 e. The number of aliphatic hydroxyl groups excluding tert-OH is 1. The summed E-state index contributed by atoms with van der Waals surface area (Å²) in [6.07, 6.45) is -1.56. The third-order valence-corrected chi connectivity index (χ3v) is 8.37. The van der Waals surface area contributed by atoms with Gasteiger partial charge in [0.1, 0.15) is 17.5 Å². The zero-order valence-electron chi connectivity index (χ0n) is 15.8. The first-order chi connectivity index (χ1) is 12.7. The fourth-order valence-electron chi connectivity index (χ4n) is 3.67. The highest BCUT2D eigenvalue weighted by molar-refractivity contribution is 9.10. The van der Waals surface area contributed by atoms with Crippen LogP contribution in [0.4, 0.5) is 0 Å². The number of carboxylic acid groups (broad SMARTS) is 1. The molecule has 2 fully saturated rings. The van der Waals surface area contributed by atoms with E-state index >= 15 is 0 Å². The van der Waals surface area contributed by atoms with E-state index in [0.717, 1.165) is 0 Å². The highest BCUT2D eigenvalue weighted by atomic mass is 79.9. The van der Waals surface area contributed by atoms with Gasteiger partial charge in [-0.2, -0.15) is 0 Å². The highest BCUT2D eigenvalue weighted by Gasteiger charge is 2.74. The average Bonchev–Trinajstić information content (AvgIpc) is 2.88. The van der Waals surface area contributed by atoms with Gasteiger partial charge >= 0.3 is 5.97 Å². The Morgan fingerprint density at radius 3 is 2.25 bits per heavy atom. The number of rotatable bonds is 5. The number of β-lactam (4-membered cyclic amide) rings is 1. The molecule has 2 saturated heterocycles. The van der Waals surface area contributed by atoms with Crippen molar-refractivity contribution in [2.24, 2.45) is 0 Å². The Morgan fingerprint density at radius 2 is 1.79 bits per heavy atom. The van der Waals surface area contributed by atoms with Crippen molar-refractivity contribution in [3.63, 3.8) is 0 Å². The Morgan fingerprint density at radius 1 is 1.25 bits per heavy atom. The Labute approximate surface area is 175 Å². The summed E-state index contributed by atoms with van der Waals surface area (Å²) < 4.78 is -2.45. The van der Waals surface area contributed by atoms with Crippen LogP contribution in [0.2, 0.25) is 0 Å². The van der Waals surface area contributed by atoms with Crippen LogP contribution < -0.4 is 0 Å². The van der Waals surface area contributed by atoms with E-state index in [1.165, 1.54) is 28.8 Å². The van der Waals surface area contributed by atoms with E-state index in [2.05, 4.69) is 15.9 Å². The molecule has 0 radical (unpaired) electrons. The maximum atomic E-state index is 13.0. The lowest BCUT2D eigenvalue weighted by atomic mass is 9.84. The number of alkyl halides is 1. The van der Waals surface area contributed by atoms with Crippen molar-refractivity contribution in [3.8, 4) is 0 Å². The number of thioether (sulfide) groups is 1. The van der Waals surface area contributed by atoms with Crippen molar-refractivity contribution in [2.75, 3.05) is 0 Å². The molecule has 1 aromatic rings. The van der Waals surface area contributed by atoms with Crippen molar-refractivity contribution >= 4 is 45.4 Å². The number of hydrogen-bond acceptors (Lipinski definition) is 6. The third kappa shape index (κ3) is 2.99. The summed E-state index contributed by atoms with van der Waals surface area (Å²) in [4.78, 5) is 38.6. The lowest BCUT2D eigenvalue weighted by Gasteiger charge is -2.49. The van der Waals surface area contributed by atoms with Gasteiger partial charge in [-0.3, -0.25) is 9.59 Å². The van der Waals surface area contributed by atoms with Crippen LogP contribution in [-0.2, 0) is 20.0 Å². The summed E-state index contributed by atoms with van der Waals surface area (Å²) >= 11 is 4.45. The molecule has 7 nitrogen and oxygen atoms in total. The van der Waals surface area contributed by atoms with Crippen molar-refractivity contribution < 1.29 is 29.7 Å². The molecule has 1 amide bonds. The number of halogens is 1. The second-order valence-corrected chi connectivity index (χ2v) is 11.2. The fraction of sp³-hybridized carbons (Fsp3) is 0.526. The zero-order chi connectivity index (χ0) is 21.2. The summed E-state index contributed by atoms with van der Waals surface area (Å²) in [6.45, 7) is 6.67. The lowest BCUT2D eigenvalue weighted by molar-refractivity contribution is -0.164. The summed E-state index contributed by atoms with van der Waals surface area (Å²) in [5, 5.41) is 29.4. The Hall–Kier alpha value is -1.42. The van der Waals surface area contributed by atoms with Gasteiger partial charge in [0.15, 0.2) is 10.1 Å². The van der Waals surface area contributed by atoms with E-state index in [-0.39, 0.29) is 0 Å². The predicted molar refractivity (Wildman–Crippen MR) is 107 cm³/mol. The van der Waals surface area contributed by atoms with Crippen LogP contribution in [0, 0.1) is 0 Å². The van der Waals surface area contributed by atoms with Crippen LogP contribution in [0.5, 0.6) is 0 Å². The lowest BCUT2D eigenvalue weighted by Crippen LogP contribution is -2.74. The zero-order valence-corrected chi connectivity index (χ0v) is 18.2. The maximum absolute atomic E-state index is 13.0. The number of aliphatic carboxylic acids is 1. The van der Waals surface area contributed by atoms with Gasteiger partial charge in [-0.1, -0.05) is 40.2 Å². The highest BCUT2D eigenvalue weighted by Crippen LogP contribution is 2.59. The summed E-state index contributed by atoms with van der Waals surface area (Å²) in [7, 11) is 0. The first-order valence-electron chi connectivity index (χ1n) is 8.70. The molecule has 2 unspecified atom stereocenters. The third-order valence-electron chi connectivity index (χ3n) is 5.26. The molecule has 9 heteroatoms. The van der Waals surface area contributed by atoms with Gasteiger partial charge in [0.25, 0.3) is 5.91 Å². The number of benzene rings is 1. The summed E-state index contributed by atoms with van der Waals surface area (Å²) in [5.74, 6) is -2.51. The van der Waals surface area contributed by atoms with E-state index in [4.69, 9.17) is 0 Å². The molecular formula is C19H22BrNO6S. The van der Waals surface area contributed by atoms with Crippen LogP contribution in [0.15, 0.2) is 24.3 Å². The minimum Gasteiger partial charge on any atom is -0.480 e. The summed E-state index contributed by atoms with van der Waals surface area (Å²) in [5.41, 5.74) is -0.153. The molecule has 28 heavy (non-hydrogen) atoms. The number of nitrogens with zero attached hydrogens (tertiary/aromatic N) is 1. The molecule has 2 heterocycles. The molecule has 0 bridgehead atoms. The van der Waals surface area contributed by atoms with Gasteiger partial charge in [0.05, 0.1) is 5.60 Å². The largest absolute Gasteiger partial charge is 0.480 e. The Kier molecular flexibility index (Phi) is 4.98. The number of ketones is 1. The second kappa shape index (κ2) is 6.55. The van der Waals surface area contributed by atoms with Crippen molar-refractivity contribution in [1.82, 2.24) is 4.90 Å². The second-order valence-electron chi connectivity index (χ2n) is 8.19. The molecule has 1 aromatic carbocycles. The molecule has 2 aliphatic rings. The van der Waals surface area contributed by atoms with Gasteiger partial charge in [-0.25, -0.2) is 4.79 Å². The fourth-order valence-corrected chi connectivity index (χ4v) is 6.22. The number of hydrogen-bond donors (Lipinski definition) is 3. The first-order valence-corrected chi connectivity index (χ1v) is 10.4. The van der Waals surface area contributed by atoms with Gasteiger partial charge in [0.2, 0.25) is 0 Å². The Balaban J connectivity index is 1.87. The van der Waals surface area contributed by atoms with Crippen molar-refractivity contribution in [2.45, 2.75) is 59.9 Å². The van der Waals surface area contributed by atoms with Gasteiger partial charge in [0, 0.05) is 4.75 Å². The number of fused-ring (bicyclic) bond motifs is 1. The standard InChI is InChI=1S/C19H22BrNO6S/c1-17(2,27)10-7-5-9(6-8-10)11(22)13(23)19(20)15(26)21-12(14(24)25)18(3,4)28-16(19)21/h5-8,11-12,16,22,27H,1-4H3,(H,24,25)/t11?,12-,16+,19?/m0/s1. The number of carbonyl (C=O) groups excluding carboxylic acids is 2. The molecule has 2 aliphatic heterocycles. The quantitative estimate of drug-likeness (QED) is 0.340. The van der Waals surface area contributed by atoms with Gasteiger partial charge in [-0.15, -0.1) is 11.8 Å². The van der Waals surface area contributed by atoms with Crippen molar-refractivity contribution in [1.29, 1.82) is 0 Å². The minimum absolute atomic E-state index is 0.292. The number of aliphatic hydroxyl groups is 2. The van der Waals surface area contributed by atoms with Crippen LogP contribution >= 0.6 is 27.7 Å². The normalized spacial score (nSPS) is 29.8. The van der Waals surface area contributed by atoms with E-state index < -0.39 is 49.9 Å². The van der Waals surface area contributed by atoms with E-state index in [1.807, 2.05) is 0 Å². The molecule has 3 N–H and O–H groups in total. The molecular weight excluding hydrogens is 450 g/mol. The van der Waals surface area contributed by atoms with E-state index in [1.54, 1.807) is 39.8 Å². The molecule has 3 rings (SSSR count). The molecule has 0 aromatic heterocycles. The molecule has 0 aliphatic carbocycles. The monoisotopic (exact) mass is 471 g/mol. The van der Waals surface area contributed by atoms with E-state index in [0.29, 0.717) is 11.1 Å². The molecule has 152 valence electrons. The van der Waals surface area contributed by atoms with Gasteiger partial charge < -0.3 is 20.2 Å². The number of Topliss-reactive ketones (excluding diaryl/α,β-unsaturated/α-hetero) is 1. The summed E-state index contributed by atoms with van der Waals surface area (Å²) in [6, 6.07) is 5.22. The number of carbonyl (C=O) groups is 3. The Bertz CT molecular complexity index is 849. The van der Waals surface area contributed by atoms with Gasteiger partial charge in [-0.05, 0) is 38.8 Å². The predicted octanol–water partition coefficient (Wildman–Crippen LogP) is 1.80. The maximum Gasteiger partial charge on any atom is 0.327 e. The molecule has 0 saturated carbocycles. The molecule has 4 atom stereocenters. The van der Waals surface area contributed by atoms with Crippen LogP contribution in [-0.4, -0.2) is 58.4 Å². The average molecular weight is 472 g/mol. The van der Waals surface area contributed by atoms with Crippen molar-refractivity contribution in [3.05, 3.63) is 35.4 Å². The number of amides is 1. The molecule has 0 spiro atoms. The van der Waals surface area contributed by atoms with Crippen LogP contribution in [0.1, 0.15) is 44.9 Å². The topological polar surface area (TPSA) is 115 Å². The van der Waals surface area contributed by atoms with E-state index in [9.17, 15) is 29.7 Å². The minimum atomic E-state index is -1.67.